The van der Waals surface area contributed by atoms with E-state index in [0.29, 0.717) is 26.1 Å². The van der Waals surface area contributed by atoms with Crippen molar-refractivity contribution in [2.45, 2.75) is 38.2 Å². The molecular formula is C18H29N5O2. The van der Waals surface area contributed by atoms with Crippen LogP contribution in [0.5, 0.6) is 0 Å². The highest BCUT2D eigenvalue weighted by atomic mass is 16.3. The zero-order valence-electron chi connectivity index (χ0n) is 15.3. The Morgan fingerprint density at radius 1 is 1.28 bits per heavy atom. The number of nitrogens with zero attached hydrogens (tertiary/aromatic N) is 5. The fourth-order valence-electron chi connectivity index (χ4n) is 3.75. The van der Waals surface area contributed by atoms with Gasteiger partial charge >= 0.3 is 0 Å². The summed E-state index contributed by atoms with van der Waals surface area (Å²) in [5, 5.41) is 10.9. The fourth-order valence-corrected chi connectivity index (χ4v) is 3.75. The molecule has 1 atom stereocenters. The highest BCUT2D eigenvalue weighted by Gasteiger charge is 2.38. The SMILES string of the molecule is Cc1cc(N2CCC(O)(CN(C)C(=O)CN3CCCCC3)C2)ncn1. The van der Waals surface area contributed by atoms with Crippen molar-refractivity contribution < 1.29 is 9.90 Å². The number of hydrogen-bond acceptors (Lipinski definition) is 6. The molecule has 0 aliphatic carbocycles. The largest absolute Gasteiger partial charge is 0.386 e. The molecule has 1 aromatic rings. The molecule has 1 N–H and O–H groups in total. The fraction of sp³-hybridized carbons (Fsp3) is 0.722. The van der Waals surface area contributed by atoms with E-state index in [4.69, 9.17) is 0 Å². The Labute approximate surface area is 149 Å². The van der Waals surface area contributed by atoms with E-state index in [1.807, 2.05) is 13.0 Å². The second kappa shape index (κ2) is 7.66. The number of likely N-dealkylation sites (N-methyl/N-ethyl adjacent to an activating group) is 1. The average Bonchev–Trinajstić information content (AvgIpc) is 2.97. The van der Waals surface area contributed by atoms with E-state index in [1.165, 1.54) is 19.3 Å². The summed E-state index contributed by atoms with van der Waals surface area (Å²) < 4.78 is 0. The molecule has 3 heterocycles. The highest BCUT2D eigenvalue weighted by Crippen LogP contribution is 2.26. The lowest BCUT2D eigenvalue weighted by Crippen LogP contribution is -2.48. The summed E-state index contributed by atoms with van der Waals surface area (Å²) in [6, 6.07) is 1.93. The number of β-amino-alcohol motifs (C(OH)–C–C–N with tert-alkyl or cyclic N) is 1. The predicted molar refractivity (Wildman–Crippen MR) is 96.5 cm³/mol. The molecule has 2 aliphatic heterocycles. The minimum atomic E-state index is -0.884. The summed E-state index contributed by atoms with van der Waals surface area (Å²) >= 11 is 0. The van der Waals surface area contributed by atoms with Gasteiger partial charge in [-0.1, -0.05) is 6.42 Å². The lowest BCUT2D eigenvalue weighted by Gasteiger charge is -2.32. The first-order valence-corrected chi connectivity index (χ1v) is 9.17. The zero-order chi connectivity index (χ0) is 17.9. The maximum absolute atomic E-state index is 12.5. The van der Waals surface area contributed by atoms with Crippen molar-refractivity contribution in [3.8, 4) is 0 Å². The minimum Gasteiger partial charge on any atom is -0.386 e. The van der Waals surface area contributed by atoms with Crippen LogP contribution in [0, 0.1) is 6.92 Å². The van der Waals surface area contributed by atoms with Gasteiger partial charge in [0, 0.05) is 31.9 Å². The number of hydrogen-bond donors (Lipinski definition) is 1. The molecular weight excluding hydrogens is 318 g/mol. The van der Waals surface area contributed by atoms with Crippen LogP contribution in [0.1, 0.15) is 31.4 Å². The number of aryl methyl sites for hydroxylation is 1. The van der Waals surface area contributed by atoms with E-state index >= 15 is 0 Å². The smallest absolute Gasteiger partial charge is 0.236 e. The van der Waals surface area contributed by atoms with Gasteiger partial charge in [0.25, 0.3) is 0 Å². The van der Waals surface area contributed by atoms with Crippen LogP contribution in [-0.4, -0.2) is 82.7 Å². The molecule has 0 aromatic carbocycles. The van der Waals surface area contributed by atoms with Gasteiger partial charge in [-0.05, 0) is 39.3 Å². The van der Waals surface area contributed by atoms with Crippen LogP contribution < -0.4 is 4.90 Å². The molecule has 1 aromatic heterocycles. The standard InChI is InChI=1S/C18H29N5O2/c1-15-10-16(20-14-19-15)23-9-6-18(25,13-23)12-21(2)17(24)11-22-7-4-3-5-8-22/h10,14,25H,3-9,11-13H2,1-2H3. The van der Waals surface area contributed by atoms with Crippen molar-refractivity contribution in [2.24, 2.45) is 0 Å². The molecule has 0 spiro atoms. The number of amides is 1. The molecule has 2 aliphatic rings. The molecule has 1 unspecified atom stereocenters. The van der Waals surface area contributed by atoms with Gasteiger partial charge in [-0.2, -0.15) is 0 Å². The van der Waals surface area contributed by atoms with E-state index in [9.17, 15) is 9.90 Å². The van der Waals surface area contributed by atoms with E-state index < -0.39 is 5.60 Å². The van der Waals surface area contributed by atoms with E-state index in [1.54, 1.807) is 18.3 Å². The first kappa shape index (κ1) is 18.1. The number of likely N-dealkylation sites (tertiary alicyclic amines) is 1. The number of anilines is 1. The maximum atomic E-state index is 12.5. The Morgan fingerprint density at radius 3 is 2.76 bits per heavy atom. The second-order valence-electron chi connectivity index (χ2n) is 7.50. The van der Waals surface area contributed by atoms with Gasteiger partial charge < -0.3 is 14.9 Å². The van der Waals surface area contributed by atoms with Crippen LogP contribution in [0.25, 0.3) is 0 Å². The first-order chi connectivity index (χ1) is 12.0. The summed E-state index contributed by atoms with van der Waals surface area (Å²) in [7, 11) is 1.79. The van der Waals surface area contributed by atoms with Gasteiger partial charge in [-0.3, -0.25) is 9.69 Å². The van der Waals surface area contributed by atoms with Crippen molar-refractivity contribution in [3.05, 3.63) is 18.1 Å². The molecule has 7 heteroatoms. The quantitative estimate of drug-likeness (QED) is 0.844. The third kappa shape index (κ3) is 4.67. The van der Waals surface area contributed by atoms with Crippen LogP contribution in [0.3, 0.4) is 0 Å². The zero-order valence-corrected chi connectivity index (χ0v) is 15.3. The molecule has 7 nitrogen and oxygen atoms in total. The van der Waals surface area contributed by atoms with Gasteiger partial charge in [-0.15, -0.1) is 0 Å². The van der Waals surface area contributed by atoms with Crippen molar-refractivity contribution in [2.75, 3.05) is 51.2 Å². The third-order valence-electron chi connectivity index (χ3n) is 5.21. The summed E-state index contributed by atoms with van der Waals surface area (Å²) in [6.07, 6.45) is 5.80. The maximum Gasteiger partial charge on any atom is 0.236 e. The van der Waals surface area contributed by atoms with E-state index in [0.717, 1.165) is 31.1 Å². The van der Waals surface area contributed by atoms with Crippen LogP contribution >= 0.6 is 0 Å². The van der Waals surface area contributed by atoms with E-state index in [-0.39, 0.29) is 5.91 Å². The summed E-state index contributed by atoms with van der Waals surface area (Å²) in [5.41, 5.74) is 0.0276. The van der Waals surface area contributed by atoms with Crippen molar-refractivity contribution in [1.29, 1.82) is 0 Å². The number of carbonyl (C=O) groups is 1. The summed E-state index contributed by atoms with van der Waals surface area (Å²) in [4.78, 5) is 26.9. The molecule has 0 radical (unpaired) electrons. The van der Waals surface area contributed by atoms with Crippen molar-refractivity contribution >= 4 is 11.7 Å². The molecule has 0 bridgehead atoms. The number of aromatic nitrogens is 2. The lowest BCUT2D eigenvalue weighted by molar-refractivity contribution is -0.134. The van der Waals surface area contributed by atoms with Crippen LogP contribution in [0.15, 0.2) is 12.4 Å². The van der Waals surface area contributed by atoms with E-state index in [2.05, 4.69) is 19.8 Å². The first-order valence-electron chi connectivity index (χ1n) is 9.17. The Balaban J connectivity index is 1.53. The Kier molecular flexibility index (Phi) is 5.54. The Morgan fingerprint density at radius 2 is 2.04 bits per heavy atom. The number of rotatable bonds is 5. The Hall–Kier alpha value is -1.73. The summed E-state index contributed by atoms with van der Waals surface area (Å²) in [5.74, 6) is 0.928. The van der Waals surface area contributed by atoms with Crippen molar-refractivity contribution in [3.63, 3.8) is 0 Å². The van der Waals surface area contributed by atoms with Crippen LogP contribution in [0.4, 0.5) is 5.82 Å². The molecule has 2 saturated heterocycles. The monoisotopic (exact) mass is 347 g/mol. The van der Waals surface area contributed by atoms with Crippen molar-refractivity contribution in [1.82, 2.24) is 19.8 Å². The average molecular weight is 347 g/mol. The second-order valence-corrected chi connectivity index (χ2v) is 7.50. The van der Waals surface area contributed by atoms with Gasteiger partial charge in [-0.25, -0.2) is 9.97 Å². The number of aliphatic hydroxyl groups is 1. The summed E-state index contributed by atoms with van der Waals surface area (Å²) in [6.45, 7) is 5.99. The van der Waals surface area contributed by atoms with Gasteiger partial charge in [0.05, 0.1) is 13.1 Å². The third-order valence-corrected chi connectivity index (χ3v) is 5.21. The molecule has 25 heavy (non-hydrogen) atoms. The predicted octanol–water partition coefficient (Wildman–Crippen LogP) is 0.671. The van der Waals surface area contributed by atoms with Gasteiger partial charge in [0.15, 0.2) is 0 Å². The molecule has 3 rings (SSSR count). The van der Waals surface area contributed by atoms with Crippen LogP contribution in [0.2, 0.25) is 0 Å². The highest BCUT2D eigenvalue weighted by molar-refractivity contribution is 5.78. The normalized spacial score (nSPS) is 24.5. The Bertz CT molecular complexity index is 605. The molecule has 138 valence electrons. The topological polar surface area (TPSA) is 72.8 Å². The number of carbonyl (C=O) groups excluding carboxylic acids is 1. The molecule has 1 amide bonds. The van der Waals surface area contributed by atoms with Gasteiger partial charge in [0.2, 0.25) is 5.91 Å². The lowest BCUT2D eigenvalue weighted by atomic mass is 10.0. The molecule has 2 fully saturated rings. The van der Waals surface area contributed by atoms with Crippen LogP contribution in [-0.2, 0) is 4.79 Å². The van der Waals surface area contributed by atoms with Gasteiger partial charge in [0.1, 0.15) is 17.7 Å². The number of piperidine rings is 1. The minimum absolute atomic E-state index is 0.0895. The molecule has 0 saturated carbocycles.